The molecule has 6 heteroatoms. The van der Waals surface area contributed by atoms with Crippen LogP contribution in [0.5, 0.6) is 0 Å². The lowest BCUT2D eigenvalue weighted by Gasteiger charge is -2.11. The molecule has 0 saturated heterocycles. The van der Waals surface area contributed by atoms with E-state index in [0.29, 0.717) is 10.7 Å². The summed E-state index contributed by atoms with van der Waals surface area (Å²) in [6.45, 7) is 0. The fourth-order valence-electron chi connectivity index (χ4n) is 1.06. The minimum absolute atomic E-state index is 0.144. The zero-order valence-electron chi connectivity index (χ0n) is 8.64. The van der Waals surface area contributed by atoms with Crippen molar-refractivity contribution in [1.82, 2.24) is 0 Å². The minimum atomic E-state index is -0.787. The summed E-state index contributed by atoms with van der Waals surface area (Å²) in [5.74, 6) is 1.88. The predicted molar refractivity (Wildman–Crippen MR) is 71.5 cm³/mol. The first-order valence-electron chi connectivity index (χ1n) is 4.60. The topological polar surface area (TPSA) is 55.1 Å². The van der Waals surface area contributed by atoms with Crippen LogP contribution in [0.2, 0.25) is 15.1 Å². The molecule has 0 bridgehead atoms. The lowest BCUT2D eigenvalue weighted by molar-refractivity contribution is -0.117. The monoisotopic (exact) mass is 290 g/mol. The van der Waals surface area contributed by atoms with Crippen molar-refractivity contribution in [3.63, 3.8) is 0 Å². The van der Waals surface area contributed by atoms with E-state index in [9.17, 15) is 4.79 Å². The van der Waals surface area contributed by atoms with Gasteiger partial charge in [0.2, 0.25) is 5.91 Å². The molecule has 90 valence electrons. The van der Waals surface area contributed by atoms with Gasteiger partial charge >= 0.3 is 0 Å². The van der Waals surface area contributed by atoms with E-state index >= 15 is 0 Å². The molecule has 1 atom stereocenters. The van der Waals surface area contributed by atoms with Crippen LogP contribution in [0.15, 0.2) is 12.1 Å². The number of amides is 1. The third-order valence-electron chi connectivity index (χ3n) is 1.94. The van der Waals surface area contributed by atoms with Crippen molar-refractivity contribution in [2.24, 2.45) is 5.73 Å². The molecule has 0 spiro atoms. The second kappa shape index (κ2) is 6.13. The Balaban J connectivity index is 2.86. The highest BCUT2D eigenvalue weighted by Crippen LogP contribution is 2.32. The van der Waals surface area contributed by atoms with Gasteiger partial charge in [-0.25, -0.2) is 0 Å². The van der Waals surface area contributed by atoms with Crippen LogP contribution in [0.3, 0.4) is 0 Å². The third-order valence-corrected chi connectivity index (χ3v) is 2.98. The van der Waals surface area contributed by atoms with Crippen molar-refractivity contribution in [3.05, 3.63) is 27.2 Å². The molecule has 1 amide bonds. The van der Waals surface area contributed by atoms with E-state index in [0.717, 1.165) is 0 Å². The number of benzene rings is 1. The van der Waals surface area contributed by atoms with E-state index in [4.69, 9.17) is 47.0 Å². The van der Waals surface area contributed by atoms with E-state index in [1.165, 1.54) is 12.1 Å². The molecule has 0 aliphatic rings. The Morgan fingerprint density at radius 1 is 1.35 bits per heavy atom. The SMILES string of the molecule is C#CCC(N)C(=O)Nc1cc(Cl)c(Cl)cc1Cl. The number of nitrogens with two attached hydrogens (primary N) is 1. The zero-order chi connectivity index (χ0) is 13.0. The van der Waals surface area contributed by atoms with E-state index in [1.54, 1.807) is 0 Å². The van der Waals surface area contributed by atoms with E-state index in [1.807, 2.05) is 0 Å². The van der Waals surface area contributed by atoms with Gasteiger partial charge in [0.1, 0.15) is 0 Å². The Labute approximate surface area is 114 Å². The number of hydrogen-bond acceptors (Lipinski definition) is 2. The van der Waals surface area contributed by atoms with Crippen molar-refractivity contribution in [2.45, 2.75) is 12.5 Å². The molecule has 0 aliphatic carbocycles. The fourth-order valence-corrected chi connectivity index (χ4v) is 1.66. The lowest BCUT2D eigenvalue weighted by atomic mass is 10.2. The average molecular weight is 292 g/mol. The Morgan fingerprint density at radius 2 is 1.94 bits per heavy atom. The molecule has 1 rings (SSSR count). The van der Waals surface area contributed by atoms with Gasteiger partial charge in [0.05, 0.1) is 26.8 Å². The van der Waals surface area contributed by atoms with Crippen LogP contribution in [0, 0.1) is 12.3 Å². The van der Waals surface area contributed by atoms with Crippen LogP contribution in [0.25, 0.3) is 0 Å². The Hall–Kier alpha value is -0.920. The zero-order valence-corrected chi connectivity index (χ0v) is 10.9. The molecule has 1 aromatic rings. The predicted octanol–water partition coefficient (Wildman–Crippen LogP) is 2.94. The highest BCUT2D eigenvalue weighted by Gasteiger charge is 2.14. The van der Waals surface area contributed by atoms with Gasteiger partial charge in [-0.3, -0.25) is 4.79 Å². The molecule has 0 fully saturated rings. The fraction of sp³-hybridized carbons (Fsp3) is 0.182. The first-order valence-corrected chi connectivity index (χ1v) is 5.73. The van der Waals surface area contributed by atoms with Crippen LogP contribution >= 0.6 is 34.8 Å². The first kappa shape index (κ1) is 14.1. The Kier molecular flexibility index (Phi) is 5.10. The number of carbonyl (C=O) groups is 1. The van der Waals surface area contributed by atoms with Crippen molar-refractivity contribution >= 4 is 46.4 Å². The van der Waals surface area contributed by atoms with Gasteiger partial charge in [0.25, 0.3) is 0 Å². The van der Waals surface area contributed by atoms with E-state index in [2.05, 4.69) is 11.2 Å². The molecule has 1 aromatic carbocycles. The average Bonchev–Trinajstić information content (AvgIpc) is 2.26. The van der Waals surface area contributed by atoms with Gasteiger partial charge in [-0.05, 0) is 12.1 Å². The van der Waals surface area contributed by atoms with Crippen molar-refractivity contribution in [2.75, 3.05) is 5.32 Å². The van der Waals surface area contributed by atoms with Crippen LogP contribution in [-0.2, 0) is 4.79 Å². The smallest absolute Gasteiger partial charge is 0.242 e. The maximum absolute atomic E-state index is 11.6. The van der Waals surface area contributed by atoms with Crippen molar-refractivity contribution < 1.29 is 4.79 Å². The third kappa shape index (κ3) is 3.79. The van der Waals surface area contributed by atoms with Crippen LogP contribution in [0.1, 0.15) is 6.42 Å². The van der Waals surface area contributed by atoms with Gasteiger partial charge in [-0.2, -0.15) is 0 Å². The second-order valence-corrected chi connectivity index (χ2v) is 4.47. The molecule has 0 aliphatic heterocycles. The number of anilines is 1. The molecule has 0 radical (unpaired) electrons. The number of halogens is 3. The molecular weight excluding hydrogens is 282 g/mol. The molecule has 0 heterocycles. The summed E-state index contributed by atoms with van der Waals surface area (Å²) in [7, 11) is 0. The van der Waals surface area contributed by atoms with Crippen LogP contribution in [-0.4, -0.2) is 11.9 Å². The number of hydrogen-bond donors (Lipinski definition) is 2. The molecule has 0 saturated carbocycles. The highest BCUT2D eigenvalue weighted by atomic mass is 35.5. The molecular formula is C11H9Cl3N2O. The lowest BCUT2D eigenvalue weighted by Crippen LogP contribution is -2.35. The summed E-state index contributed by atoms with van der Waals surface area (Å²) >= 11 is 17.4. The summed E-state index contributed by atoms with van der Waals surface area (Å²) in [6.07, 6.45) is 5.20. The van der Waals surface area contributed by atoms with Gasteiger partial charge < -0.3 is 11.1 Å². The summed E-state index contributed by atoms with van der Waals surface area (Å²) in [5.41, 5.74) is 5.88. The van der Waals surface area contributed by atoms with Gasteiger partial charge in [0.15, 0.2) is 0 Å². The number of carbonyl (C=O) groups excluding carboxylic acids is 1. The highest BCUT2D eigenvalue weighted by molar-refractivity contribution is 6.44. The molecule has 1 unspecified atom stereocenters. The Morgan fingerprint density at radius 3 is 2.53 bits per heavy atom. The quantitative estimate of drug-likeness (QED) is 0.664. The summed E-state index contributed by atoms with van der Waals surface area (Å²) in [5, 5.41) is 3.40. The number of terminal acetylenes is 1. The second-order valence-electron chi connectivity index (χ2n) is 3.25. The number of rotatable bonds is 3. The molecule has 17 heavy (non-hydrogen) atoms. The molecule has 0 aromatic heterocycles. The number of nitrogens with one attached hydrogen (secondary N) is 1. The maximum Gasteiger partial charge on any atom is 0.242 e. The Bertz CT molecular complexity index is 482. The normalized spacial score (nSPS) is 11.7. The van der Waals surface area contributed by atoms with E-state index < -0.39 is 11.9 Å². The molecule has 3 nitrogen and oxygen atoms in total. The van der Waals surface area contributed by atoms with Gasteiger partial charge in [0, 0.05) is 6.42 Å². The van der Waals surface area contributed by atoms with Crippen LogP contribution < -0.4 is 11.1 Å². The van der Waals surface area contributed by atoms with Gasteiger partial charge in [-0.15, -0.1) is 12.3 Å². The summed E-state index contributed by atoms with van der Waals surface area (Å²) < 4.78 is 0. The van der Waals surface area contributed by atoms with Crippen molar-refractivity contribution in [1.29, 1.82) is 0 Å². The minimum Gasteiger partial charge on any atom is -0.323 e. The van der Waals surface area contributed by atoms with Gasteiger partial charge in [-0.1, -0.05) is 34.8 Å². The van der Waals surface area contributed by atoms with E-state index in [-0.39, 0.29) is 16.5 Å². The van der Waals surface area contributed by atoms with Crippen molar-refractivity contribution in [3.8, 4) is 12.3 Å². The summed E-state index contributed by atoms with van der Waals surface area (Å²) in [6, 6.07) is 2.10. The summed E-state index contributed by atoms with van der Waals surface area (Å²) in [4.78, 5) is 11.6. The molecule has 3 N–H and O–H groups in total. The maximum atomic E-state index is 11.6. The van der Waals surface area contributed by atoms with Crippen LogP contribution in [0.4, 0.5) is 5.69 Å². The largest absolute Gasteiger partial charge is 0.323 e. The first-order chi connectivity index (χ1) is 7.95. The standard InChI is InChI=1S/C11H9Cl3N2O/c1-2-3-9(15)11(17)16-10-5-7(13)6(12)4-8(10)14/h1,4-5,9H,3,15H2,(H,16,17).